The molecule has 1 unspecified atom stereocenters. The predicted octanol–water partition coefficient (Wildman–Crippen LogP) is 4.10. The lowest BCUT2D eigenvalue weighted by molar-refractivity contribution is -0.137. The first-order chi connectivity index (χ1) is 9.43. The second kappa shape index (κ2) is 6.55. The average molecular weight is 415 g/mol. The highest BCUT2D eigenvalue weighted by Crippen LogP contribution is 2.40. The lowest BCUT2D eigenvalue weighted by Crippen LogP contribution is -2.29. The predicted molar refractivity (Wildman–Crippen MR) is 81.9 cm³/mol. The molecule has 1 aliphatic heterocycles. The molecular formula is C13H13F3INOS. The van der Waals surface area contributed by atoms with Crippen LogP contribution in [-0.4, -0.2) is 27.5 Å². The van der Waals surface area contributed by atoms with E-state index in [4.69, 9.17) is 0 Å². The molecule has 0 aliphatic carbocycles. The molecule has 1 aliphatic rings. The number of rotatable bonds is 4. The summed E-state index contributed by atoms with van der Waals surface area (Å²) < 4.78 is 39.1. The van der Waals surface area contributed by atoms with Crippen molar-refractivity contribution in [2.45, 2.75) is 18.0 Å². The number of halogens is 4. The van der Waals surface area contributed by atoms with E-state index in [-0.39, 0.29) is 11.3 Å². The van der Waals surface area contributed by atoms with Crippen LogP contribution in [0.2, 0.25) is 0 Å². The summed E-state index contributed by atoms with van der Waals surface area (Å²) in [6.45, 7) is 0.593. The van der Waals surface area contributed by atoms with Gasteiger partial charge in [-0.1, -0.05) is 34.7 Å². The van der Waals surface area contributed by atoms with Gasteiger partial charge >= 0.3 is 6.18 Å². The first kappa shape index (κ1) is 15.9. The monoisotopic (exact) mass is 415 g/mol. The maximum Gasteiger partial charge on any atom is 0.416 e. The Balaban J connectivity index is 2.24. The molecular weight excluding hydrogens is 402 g/mol. The van der Waals surface area contributed by atoms with Gasteiger partial charge in [0, 0.05) is 11.0 Å². The Morgan fingerprint density at radius 3 is 2.80 bits per heavy atom. The van der Waals surface area contributed by atoms with Crippen LogP contribution in [0.3, 0.4) is 0 Å². The molecule has 1 fully saturated rings. The van der Waals surface area contributed by atoms with Gasteiger partial charge in [0.15, 0.2) is 0 Å². The van der Waals surface area contributed by atoms with Crippen molar-refractivity contribution in [3.63, 3.8) is 0 Å². The van der Waals surface area contributed by atoms with Crippen molar-refractivity contribution in [2.75, 3.05) is 16.7 Å². The Labute approximate surface area is 133 Å². The standard InChI is InChI=1S/C13H13F3INOS/c14-13(15,16)10-4-1-3-9(7-10)12-18(6-2-5-17)11(19)8-20-12/h1,3-4,7,12H,2,5-6,8H2. The van der Waals surface area contributed by atoms with Crippen molar-refractivity contribution in [3.05, 3.63) is 35.4 Å². The SMILES string of the molecule is O=C1CSC(c2cccc(C(F)(F)F)c2)N1CCCI. The van der Waals surface area contributed by atoms with Crippen molar-refractivity contribution in [2.24, 2.45) is 0 Å². The number of amides is 1. The van der Waals surface area contributed by atoms with Crippen LogP contribution in [0.25, 0.3) is 0 Å². The van der Waals surface area contributed by atoms with E-state index in [9.17, 15) is 18.0 Å². The van der Waals surface area contributed by atoms with Gasteiger partial charge in [0.1, 0.15) is 5.37 Å². The molecule has 1 atom stereocenters. The average Bonchev–Trinajstić information content (AvgIpc) is 2.77. The molecule has 0 N–H and O–H groups in total. The van der Waals surface area contributed by atoms with E-state index >= 15 is 0 Å². The van der Waals surface area contributed by atoms with E-state index in [1.165, 1.54) is 17.8 Å². The Hall–Kier alpha value is -0.440. The molecule has 0 radical (unpaired) electrons. The zero-order valence-electron chi connectivity index (χ0n) is 10.5. The van der Waals surface area contributed by atoms with Gasteiger partial charge < -0.3 is 4.90 Å². The molecule has 1 aromatic rings. The number of carbonyl (C=O) groups excluding carboxylic acids is 1. The van der Waals surface area contributed by atoms with E-state index in [0.717, 1.165) is 23.0 Å². The van der Waals surface area contributed by atoms with Gasteiger partial charge in [-0.3, -0.25) is 4.79 Å². The topological polar surface area (TPSA) is 20.3 Å². The number of hydrogen-bond donors (Lipinski definition) is 0. The van der Waals surface area contributed by atoms with Gasteiger partial charge in [0.05, 0.1) is 11.3 Å². The van der Waals surface area contributed by atoms with Crippen molar-refractivity contribution in [1.82, 2.24) is 4.90 Å². The molecule has 1 aromatic carbocycles. The fraction of sp³-hybridized carbons (Fsp3) is 0.462. The summed E-state index contributed by atoms with van der Waals surface area (Å²) in [6, 6.07) is 5.26. The number of nitrogens with zero attached hydrogens (tertiary/aromatic N) is 1. The van der Waals surface area contributed by atoms with Crippen LogP contribution in [0.1, 0.15) is 22.9 Å². The minimum atomic E-state index is -4.35. The molecule has 2 rings (SSSR count). The maximum absolute atomic E-state index is 12.7. The Kier molecular flexibility index (Phi) is 5.22. The summed E-state index contributed by atoms with van der Waals surface area (Å²) in [5, 5.41) is -0.298. The number of benzene rings is 1. The summed E-state index contributed by atoms with van der Waals surface area (Å²) in [7, 11) is 0. The number of carbonyl (C=O) groups is 1. The summed E-state index contributed by atoms with van der Waals surface area (Å²) in [5.74, 6) is 0.338. The van der Waals surface area contributed by atoms with Crippen LogP contribution >= 0.6 is 34.4 Å². The zero-order chi connectivity index (χ0) is 14.8. The molecule has 1 heterocycles. The Morgan fingerprint density at radius 2 is 2.15 bits per heavy atom. The number of hydrogen-bond acceptors (Lipinski definition) is 2. The highest BCUT2D eigenvalue weighted by Gasteiger charge is 2.35. The summed E-state index contributed by atoms with van der Waals surface area (Å²) in [6.07, 6.45) is -3.50. The second-order valence-corrected chi connectivity index (χ2v) is 6.56. The summed E-state index contributed by atoms with van der Waals surface area (Å²) >= 11 is 3.61. The molecule has 0 bridgehead atoms. The van der Waals surface area contributed by atoms with Gasteiger partial charge in [-0.15, -0.1) is 11.8 Å². The van der Waals surface area contributed by atoms with Crippen LogP contribution in [0.5, 0.6) is 0 Å². The maximum atomic E-state index is 12.7. The van der Waals surface area contributed by atoms with E-state index in [1.807, 2.05) is 0 Å². The van der Waals surface area contributed by atoms with Crippen LogP contribution in [-0.2, 0) is 11.0 Å². The first-order valence-electron chi connectivity index (χ1n) is 6.07. The van der Waals surface area contributed by atoms with Crippen molar-refractivity contribution >= 4 is 40.3 Å². The van der Waals surface area contributed by atoms with Gasteiger partial charge in [0.2, 0.25) is 5.91 Å². The van der Waals surface area contributed by atoms with Crippen LogP contribution in [0.15, 0.2) is 24.3 Å². The van der Waals surface area contributed by atoms with Gasteiger partial charge in [-0.05, 0) is 24.1 Å². The molecule has 7 heteroatoms. The van der Waals surface area contributed by atoms with E-state index in [1.54, 1.807) is 11.0 Å². The minimum absolute atomic E-state index is 0.00209. The zero-order valence-corrected chi connectivity index (χ0v) is 13.5. The molecule has 20 heavy (non-hydrogen) atoms. The van der Waals surface area contributed by atoms with Crippen LogP contribution in [0.4, 0.5) is 13.2 Å². The smallest absolute Gasteiger partial charge is 0.326 e. The number of thioether (sulfide) groups is 1. The summed E-state index contributed by atoms with van der Waals surface area (Å²) in [5.41, 5.74) is -0.118. The molecule has 0 aromatic heterocycles. The van der Waals surface area contributed by atoms with Crippen LogP contribution < -0.4 is 0 Å². The first-order valence-corrected chi connectivity index (χ1v) is 8.65. The summed E-state index contributed by atoms with van der Waals surface area (Å²) in [4.78, 5) is 13.5. The third kappa shape index (κ3) is 3.60. The molecule has 1 amide bonds. The highest BCUT2D eigenvalue weighted by atomic mass is 127. The molecule has 0 saturated carbocycles. The molecule has 2 nitrogen and oxygen atoms in total. The lowest BCUT2D eigenvalue weighted by atomic mass is 10.1. The number of alkyl halides is 4. The van der Waals surface area contributed by atoms with E-state index in [0.29, 0.717) is 17.9 Å². The van der Waals surface area contributed by atoms with Gasteiger partial charge in [-0.2, -0.15) is 13.2 Å². The van der Waals surface area contributed by atoms with Crippen molar-refractivity contribution in [3.8, 4) is 0 Å². The third-order valence-electron chi connectivity index (χ3n) is 3.00. The minimum Gasteiger partial charge on any atom is -0.326 e. The normalized spacial score (nSPS) is 19.7. The van der Waals surface area contributed by atoms with Gasteiger partial charge in [-0.25, -0.2) is 0 Å². The Bertz CT molecular complexity index is 495. The van der Waals surface area contributed by atoms with Crippen LogP contribution in [0, 0.1) is 0 Å². The van der Waals surface area contributed by atoms with E-state index < -0.39 is 11.7 Å². The van der Waals surface area contributed by atoms with Crippen molar-refractivity contribution in [1.29, 1.82) is 0 Å². The largest absolute Gasteiger partial charge is 0.416 e. The van der Waals surface area contributed by atoms with E-state index in [2.05, 4.69) is 22.6 Å². The lowest BCUT2D eigenvalue weighted by Gasteiger charge is -2.24. The third-order valence-corrected chi connectivity index (χ3v) is 5.02. The molecule has 1 saturated heterocycles. The van der Waals surface area contributed by atoms with Crippen molar-refractivity contribution < 1.29 is 18.0 Å². The fourth-order valence-corrected chi connectivity index (χ4v) is 3.62. The Morgan fingerprint density at radius 1 is 1.40 bits per heavy atom. The molecule has 110 valence electrons. The second-order valence-electron chi connectivity index (χ2n) is 4.42. The quantitative estimate of drug-likeness (QED) is 0.545. The molecule has 0 spiro atoms. The highest BCUT2D eigenvalue weighted by molar-refractivity contribution is 14.1. The van der Waals surface area contributed by atoms with Gasteiger partial charge in [0.25, 0.3) is 0 Å². The fourth-order valence-electron chi connectivity index (χ4n) is 2.07.